The van der Waals surface area contributed by atoms with Gasteiger partial charge in [0.25, 0.3) is 6.23 Å². The van der Waals surface area contributed by atoms with Gasteiger partial charge in [-0.2, -0.15) is 4.57 Å². The van der Waals surface area contributed by atoms with Crippen LogP contribution in [0.4, 0.5) is 0 Å². The van der Waals surface area contributed by atoms with E-state index in [0.29, 0.717) is 0 Å². The second kappa shape index (κ2) is 8.03. The molecule has 4 aromatic rings. The summed E-state index contributed by atoms with van der Waals surface area (Å²) >= 11 is 0. The number of aromatic amines is 1. The van der Waals surface area contributed by atoms with Gasteiger partial charge >= 0.3 is 0 Å². The Morgan fingerprint density at radius 1 is 1.06 bits per heavy atom. The first kappa shape index (κ1) is 22.0. The first-order chi connectivity index (χ1) is 14.4. The zero-order valence-corrected chi connectivity index (χ0v) is 19.0. The molecule has 4 N–H and O–H groups in total. The molecule has 0 amide bonds. The van der Waals surface area contributed by atoms with Crippen molar-refractivity contribution in [3.8, 4) is 5.75 Å². The average molecular weight is 489 g/mol. The lowest BCUT2D eigenvalue weighted by Gasteiger charge is -2.13. The van der Waals surface area contributed by atoms with Gasteiger partial charge in [0.2, 0.25) is 0 Å². The number of pyridine rings is 1. The fraction of sp³-hybridized carbons (Fsp3) is 0.348. The molecule has 4 atom stereocenters. The summed E-state index contributed by atoms with van der Waals surface area (Å²) in [7, 11) is 1.66. The van der Waals surface area contributed by atoms with Crippen molar-refractivity contribution in [2.24, 2.45) is 0 Å². The van der Waals surface area contributed by atoms with Crippen molar-refractivity contribution in [3.63, 3.8) is 0 Å². The van der Waals surface area contributed by atoms with Gasteiger partial charge in [0.1, 0.15) is 18.0 Å². The number of fused-ring (bicyclic) bond motifs is 4. The lowest BCUT2D eigenvalue weighted by Crippen LogP contribution is -3.00. The van der Waals surface area contributed by atoms with Crippen molar-refractivity contribution in [1.82, 2.24) is 4.98 Å². The highest BCUT2D eigenvalue weighted by atomic mass is 79.9. The molecule has 1 aliphatic heterocycles. The number of aliphatic hydroxyl groups is 3. The summed E-state index contributed by atoms with van der Waals surface area (Å²) in [5.41, 5.74) is 4.37. The first-order valence-electron chi connectivity index (χ1n) is 10.00. The Morgan fingerprint density at radius 3 is 2.52 bits per heavy atom. The number of aryl methyl sites for hydroxylation is 2. The lowest BCUT2D eigenvalue weighted by atomic mass is 9.97. The highest BCUT2D eigenvalue weighted by Gasteiger charge is 2.48. The van der Waals surface area contributed by atoms with E-state index in [4.69, 9.17) is 9.47 Å². The van der Waals surface area contributed by atoms with Gasteiger partial charge in [0.15, 0.2) is 18.5 Å². The van der Waals surface area contributed by atoms with Gasteiger partial charge in [0.05, 0.1) is 19.2 Å². The number of ether oxygens (including phenoxy) is 2. The molecule has 0 saturated carbocycles. The van der Waals surface area contributed by atoms with Crippen LogP contribution in [0.25, 0.3) is 32.6 Å². The number of H-pyrrole nitrogens is 1. The van der Waals surface area contributed by atoms with Crippen LogP contribution in [0.15, 0.2) is 36.7 Å². The van der Waals surface area contributed by atoms with Crippen LogP contribution in [0.2, 0.25) is 0 Å². The number of nitrogens with zero attached hydrogens (tertiary/aromatic N) is 1. The van der Waals surface area contributed by atoms with Crippen LogP contribution in [0.5, 0.6) is 5.75 Å². The van der Waals surface area contributed by atoms with E-state index in [1.165, 1.54) is 0 Å². The van der Waals surface area contributed by atoms with Crippen molar-refractivity contribution in [2.45, 2.75) is 38.4 Å². The Hall–Kier alpha value is -2.23. The van der Waals surface area contributed by atoms with Gasteiger partial charge in [-0.1, -0.05) is 0 Å². The summed E-state index contributed by atoms with van der Waals surface area (Å²) in [4.78, 5) is 3.54. The van der Waals surface area contributed by atoms with E-state index in [1.807, 2.05) is 36.7 Å². The number of halogens is 1. The minimum atomic E-state index is -1.13. The molecule has 7 nitrogen and oxygen atoms in total. The maximum Gasteiger partial charge on any atom is 0.292 e. The molecule has 1 fully saturated rings. The van der Waals surface area contributed by atoms with Crippen molar-refractivity contribution in [1.29, 1.82) is 0 Å². The van der Waals surface area contributed by atoms with E-state index >= 15 is 0 Å². The maximum absolute atomic E-state index is 10.4. The predicted octanol–water partition coefficient (Wildman–Crippen LogP) is -0.997. The van der Waals surface area contributed by atoms with E-state index in [9.17, 15) is 15.3 Å². The first-order valence-corrected chi connectivity index (χ1v) is 10.00. The van der Waals surface area contributed by atoms with Crippen LogP contribution < -0.4 is 26.3 Å². The SMILES string of the molecule is COc1ccc2[nH]c3c(C)c4cc[n+](C5O[C@@H](CO)[C@H](O)[C@@H]5O)cc4c(C)c3c2c1.[Br-]. The Morgan fingerprint density at radius 2 is 1.84 bits per heavy atom. The van der Waals surface area contributed by atoms with Gasteiger partial charge < -0.3 is 46.8 Å². The van der Waals surface area contributed by atoms with Crippen molar-refractivity contribution in [3.05, 3.63) is 47.8 Å². The fourth-order valence-electron chi connectivity index (χ4n) is 4.66. The Balaban J connectivity index is 0.00000231. The molecule has 3 heterocycles. The van der Waals surface area contributed by atoms with E-state index in [2.05, 4.69) is 18.8 Å². The van der Waals surface area contributed by atoms with Crippen molar-refractivity contribution < 1.29 is 46.3 Å². The van der Waals surface area contributed by atoms with Crippen LogP contribution in [0.1, 0.15) is 17.4 Å². The normalized spacial score (nSPS) is 23.5. The van der Waals surface area contributed by atoms with E-state index < -0.39 is 24.5 Å². The minimum absolute atomic E-state index is 0. The third kappa shape index (κ3) is 3.21. The summed E-state index contributed by atoms with van der Waals surface area (Å²) in [6.07, 6.45) is -0.0374. The Bertz CT molecular complexity index is 1290. The maximum atomic E-state index is 10.4. The molecule has 0 spiro atoms. The molecular formula is C23H25BrN2O5. The number of benzene rings is 2. The summed E-state index contributed by atoms with van der Waals surface area (Å²) in [5.74, 6) is 0.801. The van der Waals surface area contributed by atoms with Crippen LogP contribution in [-0.4, -0.2) is 52.3 Å². The monoisotopic (exact) mass is 488 g/mol. The average Bonchev–Trinajstić information content (AvgIpc) is 3.29. The van der Waals surface area contributed by atoms with E-state index in [0.717, 1.165) is 49.5 Å². The number of nitrogens with one attached hydrogen (secondary N) is 1. The van der Waals surface area contributed by atoms with Gasteiger partial charge in [-0.25, -0.2) is 0 Å². The van der Waals surface area contributed by atoms with Crippen LogP contribution in [0, 0.1) is 13.8 Å². The summed E-state index contributed by atoms with van der Waals surface area (Å²) in [6, 6.07) is 8.00. The summed E-state index contributed by atoms with van der Waals surface area (Å²) in [6.45, 7) is 3.82. The predicted molar refractivity (Wildman–Crippen MR) is 113 cm³/mol. The molecule has 0 bridgehead atoms. The number of aliphatic hydroxyl groups excluding tert-OH is 3. The molecule has 1 aliphatic rings. The van der Waals surface area contributed by atoms with Gasteiger partial charge in [-0.05, 0) is 48.6 Å². The van der Waals surface area contributed by atoms with Crippen LogP contribution in [-0.2, 0) is 4.74 Å². The zero-order valence-electron chi connectivity index (χ0n) is 17.5. The quantitative estimate of drug-likeness (QED) is 0.277. The number of rotatable bonds is 3. The number of methoxy groups -OCH3 is 1. The number of aromatic nitrogens is 2. The molecule has 0 radical (unpaired) electrons. The molecular weight excluding hydrogens is 464 g/mol. The second-order valence-electron chi connectivity index (χ2n) is 7.98. The molecule has 5 rings (SSSR count). The van der Waals surface area contributed by atoms with Crippen LogP contribution in [0.3, 0.4) is 0 Å². The smallest absolute Gasteiger partial charge is 0.292 e. The van der Waals surface area contributed by atoms with Crippen LogP contribution >= 0.6 is 0 Å². The van der Waals surface area contributed by atoms with Crippen molar-refractivity contribution in [2.75, 3.05) is 13.7 Å². The number of hydrogen-bond donors (Lipinski definition) is 4. The Labute approximate surface area is 189 Å². The summed E-state index contributed by atoms with van der Waals surface area (Å²) in [5, 5.41) is 34.3. The topological polar surface area (TPSA) is 98.8 Å². The molecule has 1 saturated heterocycles. The highest BCUT2D eigenvalue weighted by molar-refractivity contribution is 6.16. The van der Waals surface area contributed by atoms with E-state index in [-0.39, 0.29) is 23.6 Å². The standard InChI is InChI=1S/C23H24N2O5.BrH/c1-11-16-9-25(23-22(28)21(27)18(10-26)30-23)7-6-14(16)12(2)20-19(11)15-8-13(29-3)4-5-17(15)24-20;/h4-9,18,21-23,26-28H,10H2,1-3H3;1H/t18-,21-,22-,23?;/m0./s1. The summed E-state index contributed by atoms with van der Waals surface area (Å²) < 4.78 is 12.9. The minimum Gasteiger partial charge on any atom is -1.00 e. The molecule has 2 aromatic carbocycles. The Kier molecular flexibility index (Phi) is 5.70. The lowest BCUT2D eigenvalue weighted by molar-refractivity contribution is -0.764. The second-order valence-corrected chi connectivity index (χ2v) is 7.98. The van der Waals surface area contributed by atoms with Crippen molar-refractivity contribution >= 4 is 32.6 Å². The fourth-order valence-corrected chi connectivity index (χ4v) is 4.66. The largest absolute Gasteiger partial charge is 1.00 e. The molecule has 31 heavy (non-hydrogen) atoms. The van der Waals surface area contributed by atoms with Gasteiger partial charge in [-0.15, -0.1) is 0 Å². The third-order valence-electron chi connectivity index (χ3n) is 6.36. The highest BCUT2D eigenvalue weighted by Crippen LogP contribution is 2.37. The number of hydrogen-bond acceptors (Lipinski definition) is 5. The van der Waals surface area contributed by atoms with Gasteiger partial charge in [0, 0.05) is 27.7 Å². The molecule has 164 valence electrons. The zero-order chi connectivity index (χ0) is 21.2. The molecule has 1 unspecified atom stereocenters. The molecule has 8 heteroatoms. The molecule has 0 aliphatic carbocycles. The van der Waals surface area contributed by atoms with Gasteiger partial charge in [-0.3, -0.25) is 0 Å². The third-order valence-corrected chi connectivity index (χ3v) is 6.36. The van der Waals surface area contributed by atoms with E-state index in [1.54, 1.807) is 11.7 Å². The molecule has 2 aromatic heterocycles.